The van der Waals surface area contributed by atoms with Crippen LogP contribution in [0.5, 0.6) is 11.5 Å². The van der Waals surface area contributed by atoms with Crippen molar-refractivity contribution in [2.24, 2.45) is 7.05 Å². The van der Waals surface area contributed by atoms with Gasteiger partial charge in [-0.2, -0.15) is 10.1 Å². The number of phenolic OH excluding ortho intramolecular Hbond substituents is 2. The number of nitrogens with one attached hydrogen (secondary N) is 1. The molecular formula is C10H10N4O3. The summed E-state index contributed by atoms with van der Waals surface area (Å²) in [5, 5.41) is 25.0. The largest absolute Gasteiger partial charge is 0.508 e. The first-order valence-electron chi connectivity index (χ1n) is 4.75. The number of benzene rings is 1. The van der Waals surface area contributed by atoms with Gasteiger partial charge in [-0.3, -0.25) is 10.1 Å². The Hall–Kier alpha value is -2.57. The third-order valence-corrected chi connectivity index (χ3v) is 2.16. The van der Waals surface area contributed by atoms with E-state index in [0.717, 1.165) is 0 Å². The molecule has 1 amide bonds. The van der Waals surface area contributed by atoms with Crippen LogP contribution in [0.4, 0.5) is 5.95 Å². The molecule has 0 unspecified atom stereocenters. The number of anilines is 1. The van der Waals surface area contributed by atoms with Crippen molar-refractivity contribution in [3.05, 3.63) is 30.1 Å². The van der Waals surface area contributed by atoms with Crippen LogP contribution in [0, 0.1) is 0 Å². The van der Waals surface area contributed by atoms with Gasteiger partial charge in [-0.25, -0.2) is 4.68 Å². The van der Waals surface area contributed by atoms with Gasteiger partial charge in [0.2, 0.25) is 5.95 Å². The van der Waals surface area contributed by atoms with Crippen molar-refractivity contribution in [2.45, 2.75) is 0 Å². The van der Waals surface area contributed by atoms with Crippen molar-refractivity contribution in [2.75, 3.05) is 5.32 Å². The predicted octanol–water partition coefficient (Wildman–Crippen LogP) is 0.479. The molecule has 0 atom stereocenters. The summed E-state index contributed by atoms with van der Waals surface area (Å²) in [6.45, 7) is 0. The molecule has 0 saturated heterocycles. The molecule has 7 heteroatoms. The Labute approximate surface area is 96.3 Å². The lowest BCUT2D eigenvalue weighted by atomic mass is 10.2. The van der Waals surface area contributed by atoms with Gasteiger partial charge in [0.05, 0.1) is 5.56 Å². The van der Waals surface area contributed by atoms with E-state index in [1.165, 1.54) is 29.2 Å². The van der Waals surface area contributed by atoms with Crippen LogP contribution >= 0.6 is 0 Å². The first-order chi connectivity index (χ1) is 8.08. The van der Waals surface area contributed by atoms with E-state index in [2.05, 4.69) is 15.4 Å². The fraction of sp³-hybridized carbons (Fsp3) is 0.100. The van der Waals surface area contributed by atoms with Crippen LogP contribution < -0.4 is 5.32 Å². The third-order valence-electron chi connectivity index (χ3n) is 2.16. The van der Waals surface area contributed by atoms with E-state index >= 15 is 0 Å². The molecule has 0 aliphatic heterocycles. The van der Waals surface area contributed by atoms with E-state index in [0.29, 0.717) is 0 Å². The molecule has 2 rings (SSSR count). The molecule has 7 nitrogen and oxygen atoms in total. The summed E-state index contributed by atoms with van der Waals surface area (Å²) in [5.41, 5.74) is -0.0343. The molecule has 0 bridgehead atoms. The first kappa shape index (κ1) is 10.9. The summed E-state index contributed by atoms with van der Waals surface area (Å²) in [5.74, 6) is -0.652. The summed E-state index contributed by atoms with van der Waals surface area (Å²) in [4.78, 5) is 15.6. The van der Waals surface area contributed by atoms with Crippen LogP contribution in [0.1, 0.15) is 10.4 Å². The lowest BCUT2D eigenvalue weighted by molar-refractivity contribution is 0.102. The number of aromatic hydroxyl groups is 2. The van der Waals surface area contributed by atoms with Gasteiger partial charge in [0.15, 0.2) is 0 Å². The van der Waals surface area contributed by atoms with E-state index < -0.39 is 5.91 Å². The summed E-state index contributed by atoms with van der Waals surface area (Å²) in [7, 11) is 1.62. The molecule has 0 aliphatic rings. The Bertz CT molecular complexity index is 564. The van der Waals surface area contributed by atoms with Crippen LogP contribution in [0.3, 0.4) is 0 Å². The zero-order valence-electron chi connectivity index (χ0n) is 8.95. The van der Waals surface area contributed by atoms with Gasteiger partial charge in [-0.15, -0.1) is 0 Å². The Morgan fingerprint density at radius 1 is 1.41 bits per heavy atom. The molecule has 1 aromatic heterocycles. The summed E-state index contributed by atoms with van der Waals surface area (Å²) in [6.07, 6.45) is 1.29. The highest BCUT2D eigenvalue weighted by Gasteiger charge is 2.14. The zero-order valence-corrected chi connectivity index (χ0v) is 8.95. The van der Waals surface area contributed by atoms with Crippen molar-refractivity contribution in [1.29, 1.82) is 0 Å². The Morgan fingerprint density at radius 2 is 2.18 bits per heavy atom. The van der Waals surface area contributed by atoms with E-state index in [1.807, 2.05) is 0 Å². The highest BCUT2D eigenvalue weighted by Crippen LogP contribution is 2.22. The Kier molecular flexibility index (Phi) is 2.65. The van der Waals surface area contributed by atoms with Gasteiger partial charge in [0.1, 0.15) is 17.8 Å². The predicted molar refractivity (Wildman–Crippen MR) is 58.7 cm³/mol. The minimum absolute atomic E-state index is 0.0343. The minimum Gasteiger partial charge on any atom is -0.508 e. The number of nitrogens with zero attached hydrogens (tertiary/aromatic N) is 3. The quantitative estimate of drug-likeness (QED) is 0.656. The topological polar surface area (TPSA) is 100 Å². The second kappa shape index (κ2) is 4.12. The van der Waals surface area contributed by atoms with Gasteiger partial charge in [-0.05, 0) is 18.2 Å². The summed E-state index contributed by atoms with van der Waals surface area (Å²) in [6, 6.07) is 3.69. The molecule has 2 aromatic rings. The minimum atomic E-state index is -0.575. The molecule has 88 valence electrons. The fourth-order valence-corrected chi connectivity index (χ4v) is 1.28. The maximum Gasteiger partial charge on any atom is 0.261 e. The highest BCUT2D eigenvalue weighted by molar-refractivity contribution is 6.05. The number of aromatic nitrogens is 3. The number of hydrogen-bond donors (Lipinski definition) is 3. The van der Waals surface area contributed by atoms with E-state index in [9.17, 15) is 15.0 Å². The normalized spacial score (nSPS) is 10.2. The average Bonchev–Trinajstić information content (AvgIpc) is 2.68. The van der Waals surface area contributed by atoms with Crippen molar-refractivity contribution >= 4 is 11.9 Å². The van der Waals surface area contributed by atoms with Crippen LogP contribution in [-0.2, 0) is 7.05 Å². The van der Waals surface area contributed by atoms with Crippen molar-refractivity contribution in [3.63, 3.8) is 0 Å². The molecule has 1 heterocycles. The Morgan fingerprint density at radius 3 is 2.82 bits per heavy atom. The molecule has 3 N–H and O–H groups in total. The smallest absolute Gasteiger partial charge is 0.261 e. The summed E-state index contributed by atoms with van der Waals surface area (Å²) < 4.78 is 1.37. The van der Waals surface area contributed by atoms with E-state index in [4.69, 9.17) is 0 Å². The van der Waals surface area contributed by atoms with Gasteiger partial charge < -0.3 is 10.2 Å². The van der Waals surface area contributed by atoms with Gasteiger partial charge in [0, 0.05) is 7.05 Å². The van der Waals surface area contributed by atoms with Crippen molar-refractivity contribution < 1.29 is 15.0 Å². The SMILES string of the molecule is Cn1ncnc1NC(=O)c1cc(O)ccc1O. The number of hydrogen-bond acceptors (Lipinski definition) is 5. The van der Waals surface area contributed by atoms with Crippen molar-refractivity contribution in [3.8, 4) is 11.5 Å². The first-order valence-corrected chi connectivity index (χ1v) is 4.75. The molecule has 1 aromatic carbocycles. The van der Waals surface area contributed by atoms with E-state index in [1.54, 1.807) is 7.05 Å². The lowest BCUT2D eigenvalue weighted by Crippen LogP contribution is -2.15. The van der Waals surface area contributed by atoms with Gasteiger partial charge in [0.25, 0.3) is 5.91 Å². The van der Waals surface area contributed by atoms with Gasteiger partial charge >= 0.3 is 0 Å². The maximum atomic E-state index is 11.8. The van der Waals surface area contributed by atoms with Crippen LogP contribution in [0.25, 0.3) is 0 Å². The number of rotatable bonds is 2. The highest BCUT2D eigenvalue weighted by atomic mass is 16.3. The standard InChI is InChI=1S/C10H10N4O3/c1-14-10(11-5-12-14)13-9(17)7-4-6(15)2-3-8(7)16/h2-5,15-16H,1H3,(H,11,12,13,17). The second-order valence-corrected chi connectivity index (χ2v) is 3.36. The monoisotopic (exact) mass is 234 g/mol. The average molecular weight is 234 g/mol. The zero-order chi connectivity index (χ0) is 12.4. The number of aryl methyl sites for hydroxylation is 1. The molecular weight excluding hydrogens is 224 g/mol. The second-order valence-electron chi connectivity index (χ2n) is 3.36. The molecule has 0 radical (unpaired) electrons. The third kappa shape index (κ3) is 2.17. The molecule has 17 heavy (non-hydrogen) atoms. The molecule has 0 aliphatic carbocycles. The Balaban J connectivity index is 2.26. The number of amides is 1. The van der Waals surface area contributed by atoms with Crippen LogP contribution in [0.2, 0.25) is 0 Å². The molecule has 0 fully saturated rings. The number of carbonyl (C=O) groups excluding carboxylic acids is 1. The van der Waals surface area contributed by atoms with Crippen LogP contribution in [0.15, 0.2) is 24.5 Å². The van der Waals surface area contributed by atoms with Gasteiger partial charge in [-0.1, -0.05) is 0 Å². The lowest BCUT2D eigenvalue weighted by Gasteiger charge is -2.06. The number of phenols is 2. The van der Waals surface area contributed by atoms with E-state index in [-0.39, 0.29) is 23.0 Å². The van der Waals surface area contributed by atoms with Crippen LogP contribution in [-0.4, -0.2) is 30.9 Å². The number of carbonyl (C=O) groups is 1. The summed E-state index contributed by atoms with van der Waals surface area (Å²) >= 11 is 0. The maximum absolute atomic E-state index is 11.8. The fourth-order valence-electron chi connectivity index (χ4n) is 1.28. The molecule has 0 spiro atoms. The molecule has 0 saturated carbocycles. The van der Waals surface area contributed by atoms with Crippen molar-refractivity contribution in [1.82, 2.24) is 14.8 Å².